The smallest absolute Gasteiger partial charge is 0.697 e. The number of fused-ring (bicyclic) bond motifs is 6. The third-order valence-electron chi connectivity index (χ3n) is 10.2. The number of anilines is 3. The van der Waals surface area contributed by atoms with Crippen molar-refractivity contribution in [1.29, 1.82) is 0 Å². The second-order valence-electron chi connectivity index (χ2n) is 13.4. The van der Waals surface area contributed by atoms with Crippen molar-refractivity contribution >= 4 is 72.0 Å². The maximum absolute atomic E-state index is 8.81. The summed E-state index contributed by atoms with van der Waals surface area (Å²) in [6, 6.07) is 66.1. The number of rotatable bonds is 7. The van der Waals surface area contributed by atoms with Crippen molar-refractivity contribution in [3.05, 3.63) is 199 Å². The van der Waals surface area contributed by atoms with Crippen LogP contribution >= 0.6 is 0 Å². The molecule has 266 valence electrons. The Labute approximate surface area is 378 Å². The van der Waals surface area contributed by atoms with Crippen LogP contribution in [0.2, 0.25) is 0 Å². The first-order valence-corrected chi connectivity index (χ1v) is 18.0. The maximum atomic E-state index is 8.81. The molecule has 2 N–H and O–H groups in total. The Morgan fingerprint density at radius 3 is 1.67 bits per heavy atom. The first kappa shape index (κ1) is 38.5. The van der Waals surface area contributed by atoms with Crippen LogP contribution in [-0.4, -0.2) is 9.13 Å². The molecule has 2 aromatic heterocycles. The zero-order chi connectivity index (χ0) is 37.0. The van der Waals surface area contributed by atoms with Gasteiger partial charge in [-0.1, -0.05) is 113 Å². The number of nitrogens with one attached hydrogen (secondary N) is 2. The molecule has 0 aliphatic carbocycles. The normalized spacial score (nSPS) is 11.1. The molecule has 57 heavy (non-hydrogen) atoms. The molecule has 0 saturated heterocycles. The van der Waals surface area contributed by atoms with E-state index in [-0.39, 0.29) is 62.2 Å². The number of benzene rings is 8. The Morgan fingerprint density at radius 2 is 1.05 bits per heavy atom. The van der Waals surface area contributed by atoms with Crippen molar-refractivity contribution < 1.29 is 67.0 Å². The number of aromatic nitrogens is 2. The van der Waals surface area contributed by atoms with Gasteiger partial charge in [-0.15, -0.1) is 53.3 Å². The van der Waals surface area contributed by atoms with E-state index in [1.165, 1.54) is 0 Å². The fraction of sp³-hybridized carbons (Fsp3) is 0.0204. The number of ether oxygens (including phenoxy) is 1. The van der Waals surface area contributed by atoms with Crippen LogP contribution in [0.15, 0.2) is 158 Å². The summed E-state index contributed by atoms with van der Waals surface area (Å²) in [4.78, 5) is 2.14. The fourth-order valence-corrected chi connectivity index (χ4v) is 7.69. The van der Waals surface area contributed by atoms with E-state index in [1.807, 2.05) is 97.9 Å². The molecule has 8 aromatic carbocycles. The van der Waals surface area contributed by atoms with E-state index in [9.17, 15) is 0 Å². The minimum Gasteiger partial charge on any atom is -0.697 e. The van der Waals surface area contributed by atoms with Gasteiger partial charge in [0.05, 0.1) is 0 Å². The van der Waals surface area contributed by atoms with Crippen LogP contribution in [0.5, 0.6) is 11.5 Å². The van der Waals surface area contributed by atoms with E-state index in [0.29, 0.717) is 22.9 Å². The number of nitrogens with zero attached hydrogens (tertiary/aromatic N) is 3. The number of hydrogen-bond acceptors (Lipinski definition) is 2. The molecule has 0 saturated carbocycles. The van der Waals surface area contributed by atoms with Gasteiger partial charge >= 0.3 is 62.2 Å². The average Bonchev–Trinajstić information content (AvgIpc) is 3.72. The molecule has 0 aliphatic heterocycles. The summed E-state index contributed by atoms with van der Waals surface area (Å²) in [5.41, 5.74) is 27.1. The maximum Gasteiger partial charge on any atom is 3.00 e. The monoisotopic (exact) mass is 1180 g/mol. The molecular formula is C49H31N5OU2. The van der Waals surface area contributed by atoms with E-state index in [1.54, 1.807) is 12.1 Å². The molecule has 10 aromatic rings. The molecule has 0 fully saturated rings. The van der Waals surface area contributed by atoms with Crippen molar-refractivity contribution in [1.82, 2.24) is 9.13 Å². The predicted molar refractivity (Wildman–Crippen MR) is 224 cm³/mol. The molecule has 8 heteroatoms. The van der Waals surface area contributed by atoms with Gasteiger partial charge in [0.15, 0.2) is 0 Å². The van der Waals surface area contributed by atoms with Crippen molar-refractivity contribution in [3.63, 3.8) is 0 Å². The van der Waals surface area contributed by atoms with Gasteiger partial charge in [0.25, 0.3) is 0 Å². The van der Waals surface area contributed by atoms with Crippen LogP contribution in [0, 0.1) is 93.4 Å². The van der Waals surface area contributed by atoms with Gasteiger partial charge in [0.1, 0.15) is 0 Å². The van der Waals surface area contributed by atoms with Crippen LogP contribution in [0.4, 0.5) is 28.4 Å². The second kappa shape index (κ2) is 15.9. The Kier molecular flexibility index (Phi) is 10.7. The first-order chi connectivity index (χ1) is 27.0. The molecule has 0 atom stereocenters. The van der Waals surface area contributed by atoms with Crippen molar-refractivity contribution in [2.45, 2.75) is 6.92 Å². The van der Waals surface area contributed by atoms with Gasteiger partial charge in [-0.3, -0.25) is 0 Å². The van der Waals surface area contributed by atoms with Crippen LogP contribution in [0.1, 0.15) is 5.56 Å². The van der Waals surface area contributed by atoms with E-state index < -0.39 is 0 Å². The summed E-state index contributed by atoms with van der Waals surface area (Å²) >= 11 is 0. The minimum atomic E-state index is 0. The standard InChI is InChI=1S/C49H31N5O.2U/c1-32-42(24-13-25-49(32)55-35-27-29-39-37-17-6-10-21-44(37)54(48(39)31-35)46-23-12-8-19-41(46)51)52(33-14-3-2-4-15-33)34-26-28-38-36-16-5-9-20-43(36)53(47(38)30-34)45-22-11-7-18-40(45)50;;/h2-23,26-29,50-51H,1H3;;/q-6;2*+3. The molecule has 2 heterocycles. The quantitative estimate of drug-likeness (QED) is 0.149. The Morgan fingerprint density at radius 1 is 0.526 bits per heavy atom. The van der Waals surface area contributed by atoms with Crippen LogP contribution in [-0.2, 0) is 0 Å². The third kappa shape index (κ3) is 6.62. The zero-order valence-electron chi connectivity index (χ0n) is 30.8. The third-order valence-corrected chi connectivity index (χ3v) is 10.2. The number of para-hydroxylation sites is 5. The topological polar surface area (TPSA) is 69.9 Å². The molecule has 0 spiro atoms. The van der Waals surface area contributed by atoms with Gasteiger partial charge in [0, 0.05) is 33.8 Å². The largest absolute Gasteiger partial charge is 3.00 e. The van der Waals surface area contributed by atoms with Crippen molar-refractivity contribution in [2.75, 3.05) is 4.90 Å². The molecule has 6 nitrogen and oxygen atoms in total. The molecule has 0 unspecified atom stereocenters. The minimum absolute atomic E-state index is 0. The summed E-state index contributed by atoms with van der Waals surface area (Å²) < 4.78 is 10.9. The zero-order valence-corrected chi connectivity index (χ0v) is 39.1. The predicted octanol–water partition coefficient (Wildman–Crippen LogP) is 14.0. The van der Waals surface area contributed by atoms with Crippen molar-refractivity contribution in [3.8, 4) is 22.9 Å². The van der Waals surface area contributed by atoms with Crippen LogP contribution in [0.25, 0.3) is 66.5 Å². The van der Waals surface area contributed by atoms with Crippen molar-refractivity contribution in [2.24, 2.45) is 0 Å². The molecule has 0 aliphatic rings. The van der Waals surface area contributed by atoms with Crippen LogP contribution in [0.3, 0.4) is 0 Å². The summed E-state index contributed by atoms with van der Waals surface area (Å²) in [5, 5.41) is 4.26. The van der Waals surface area contributed by atoms with Gasteiger partial charge in [-0.05, 0) is 47.2 Å². The summed E-state index contributed by atoms with van der Waals surface area (Å²) in [7, 11) is 0. The van der Waals surface area contributed by atoms with Gasteiger partial charge in [-0.25, -0.2) is 5.56 Å². The summed E-state index contributed by atoms with van der Waals surface area (Å²) in [5.74, 6) is 1.08. The summed E-state index contributed by atoms with van der Waals surface area (Å²) in [6.07, 6.45) is 0. The first-order valence-electron chi connectivity index (χ1n) is 18.0. The van der Waals surface area contributed by atoms with Gasteiger partial charge in [-0.2, -0.15) is 17.8 Å². The van der Waals surface area contributed by atoms with Gasteiger partial charge in [0.2, 0.25) is 0 Å². The molecule has 0 bridgehead atoms. The van der Waals surface area contributed by atoms with E-state index in [0.717, 1.165) is 77.6 Å². The Bertz CT molecular complexity index is 3080. The van der Waals surface area contributed by atoms with E-state index in [2.05, 4.69) is 92.9 Å². The van der Waals surface area contributed by atoms with Gasteiger partial charge < -0.3 is 48.4 Å². The average molecular weight is 1180 g/mol. The molecule has 10 rings (SSSR count). The number of hydrogen-bond donors (Lipinski definition) is 0. The summed E-state index contributed by atoms with van der Waals surface area (Å²) in [6.45, 7) is 2.02. The molecule has 0 amide bonds. The fourth-order valence-electron chi connectivity index (χ4n) is 7.69. The van der Waals surface area contributed by atoms with E-state index >= 15 is 0 Å². The Balaban J connectivity index is 0.00000228. The van der Waals surface area contributed by atoms with Crippen LogP contribution < -0.4 is 9.64 Å². The molecular weight excluding hydrogens is 1150 g/mol. The SMILES string of the molecule is Cc1c(Oc2[c-]c3c(cc2)c2ccccc2n3-c2ccccc2[NH-])[c-]c[c-]c1N(c1[c-]c2c(cc1)c1ccccc1n2-c1ccccc1[NH-])c1ccccc1.[U+3].[U+3]. The Hall–Kier alpha value is -5.34. The molecule has 2 radical (unpaired) electrons. The second-order valence-corrected chi connectivity index (χ2v) is 13.4. The van der Waals surface area contributed by atoms with E-state index in [4.69, 9.17) is 16.2 Å².